The third kappa shape index (κ3) is 27.6. The van der Waals surface area contributed by atoms with E-state index in [0.717, 1.165) is 120 Å². The smallest absolute Gasteiger partial charge is 0.870 e. The van der Waals surface area contributed by atoms with Crippen molar-refractivity contribution in [1.29, 1.82) is 0 Å². The first-order valence-electron chi connectivity index (χ1n) is 32.0. The summed E-state index contributed by atoms with van der Waals surface area (Å²) in [5.74, 6) is -4.56. The number of alkyl halides is 1. The van der Waals surface area contributed by atoms with Crippen molar-refractivity contribution in [3.05, 3.63) is 279 Å². The zero-order chi connectivity index (χ0) is 84.9. The van der Waals surface area contributed by atoms with Crippen molar-refractivity contribution < 1.29 is 129 Å². The largest absolute Gasteiger partial charge is 1.00 e. The van der Waals surface area contributed by atoms with E-state index in [4.69, 9.17) is 138 Å². The Labute approximate surface area is 775 Å². The van der Waals surface area contributed by atoms with Crippen LogP contribution in [0.1, 0.15) is 55.6 Å². The average molecular weight is 1960 g/mol. The van der Waals surface area contributed by atoms with Crippen molar-refractivity contribution in [1.82, 2.24) is 29.0 Å². The van der Waals surface area contributed by atoms with Gasteiger partial charge in [0.1, 0.15) is 48.9 Å². The molecule has 7 heterocycles. The van der Waals surface area contributed by atoms with E-state index in [0.29, 0.717) is 76.6 Å². The fourth-order valence-electron chi connectivity index (χ4n) is 10.3. The Balaban J connectivity index is 0.000000229. The van der Waals surface area contributed by atoms with Crippen LogP contribution in [0, 0.1) is 51.0 Å². The number of nitrogens with zero attached hydrogens (tertiary/aromatic N) is 1. The molecule has 0 saturated heterocycles. The van der Waals surface area contributed by atoms with Gasteiger partial charge in [0.2, 0.25) is 10.0 Å². The number of carbonyl (C=O) groups excluding carboxylic acids is 3. The molecule has 0 unspecified atom stereocenters. The Kier molecular flexibility index (Phi) is 37.4. The number of benzene rings is 6. The summed E-state index contributed by atoms with van der Waals surface area (Å²) in [4.78, 5) is 54.8. The number of thiophene rings is 3. The normalized spacial score (nSPS) is 11.5. The van der Waals surface area contributed by atoms with Crippen molar-refractivity contribution in [3.8, 4) is 0 Å². The summed E-state index contributed by atoms with van der Waals surface area (Å²) < 4.78 is 136. The van der Waals surface area contributed by atoms with Crippen LogP contribution in [0.4, 0.5) is 17.6 Å². The molecule has 6 aromatic carbocycles. The third-order valence-corrected chi connectivity index (χ3v) is 27.8. The molecular formula is C75H57Cl11F4KN7O13S6. The molecular weight excluding hydrogens is 1900 g/mol. The van der Waals surface area contributed by atoms with Crippen LogP contribution in [0.2, 0.25) is 48.2 Å². The standard InChI is InChI=1S/C23H15Cl4FN2O3S2.C16H11Cl2FN2O3S2.C13H12FNO2.C12H10FNO2.C7H5Cl3.C4H3Cl2NO2S2.K.H2O/c1-12-10-30(11-14-2-4-15(24)7-18(14)25)22-13(6-16(28)8-17(12)22)3-5-20(31)29-35(32,33)21-9-19(26)23(27)34-21;1-8-7-20-15-9(4-10(19)5-11(8)15)2-3-13(22)21-26(23,24)14-6-12(17)16(18)25-14;1-8-7-15-13-9(3-4-12(16)17-2)5-10(14)6-11(8)13;1-7-6-14-12-8(2-3-11(15)16)4-9(13)5-10(7)12;8-4-5-1-2-6(9)3-7(5)10;5-2-1-3(10-4(2)6)11(7,8)9;;/h2-10H,11H2,1H3,(H,29,31);2-7,20H,1H3,(H,21,22);3-7,15H,1-2H3;2-6,14H,1H3,(H,15,16);1-3H,4H2;1H,(H2,7,8,9);;1H2/q;;;;;;+1;/p-1/b5-3+;3-2+;4-3+;3-2+;;;;. The first-order chi connectivity index (χ1) is 53.9. The molecule has 0 saturated carbocycles. The van der Waals surface area contributed by atoms with Crippen LogP contribution in [0.3, 0.4) is 0 Å². The number of aliphatic carboxylic acids is 1. The number of carboxylic acid groups (broad SMARTS) is 1. The average Bonchev–Trinajstić information content (AvgIpc) is 1.64. The van der Waals surface area contributed by atoms with Crippen LogP contribution >= 0.6 is 162 Å². The maximum absolute atomic E-state index is 14.4. The molecule has 0 spiro atoms. The fourth-order valence-corrected chi connectivity index (χ4v) is 19.5. The molecule has 0 bridgehead atoms. The number of carboxylic acids is 1. The van der Waals surface area contributed by atoms with E-state index in [2.05, 4.69) is 19.7 Å². The minimum absolute atomic E-state index is 0. The molecule has 0 radical (unpaired) electrons. The quantitative estimate of drug-likeness (QED) is 0.0156. The van der Waals surface area contributed by atoms with Gasteiger partial charge < -0.3 is 34.8 Å². The van der Waals surface area contributed by atoms with Crippen molar-refractivity contribution in [2.75, 3.05) is 7.11 Å². The van der Waals surface area contributed by atoms with Crippen LogP contribution in [0.25, 0.3) is 67.9 Å². The number of hydrogen-bond acceptors (Lipinski definition) is 15. The van der Waals surface area contributed by atoms with Crippen LogP contribution in [-0.4, -0.2) is 86.2 Å². The maximum Gasteiger partial charge on any atom is 1.00 e. The van der Waals surface area contributed by atoms with Gasteiger partial charge in [-0.2, -0.15) is 0 Å². The topological polar surface area (TPSA) is 333 Å². The number of methoxy groups -OCH3 is 1. The van der Waals surface area contributed by atoms with Gasteiger partial charge in [-0.25, -0.2) is 67.0 Å². The Morgan fingerprint density at radius 2 is 0.838 bits per heavy atom. The molecule has 0 fully saturated rings. The Hall–Kier alpha value is -6.26. The molecule has 0 aliphatic carbocycles. The number of esters is 1. The van der Waals surface area contributed by atoms with Gasteiger partial charge in [0.15, 0.2) is 0 Å². The van der Waals surface area contributed by atoms with Gasteiger partial charge in [-0.15, -0.1) is 45.6 Å². The predicted octanol–water partition coefficient (Wildman–Crippen LogP) is 19.6. The molecule has 13 aromatic rings. The van der Waals surface area contributed by atoms with E-state index < -0.39 is 65.5 Å². The number of fused-ring (bicyclic) bond motifs is 4. The summed E-state index contributed by atoms with van der Waals surface area (Å²) in [6.45, 7) is 7.79. The van der Waals surface area contributed by atoms with Gasteiger partial charge in [0.05, 0.1) is 44.2 Å². The van der Waals surface area contributed by atoms with Gasteiger partial charge >= 0.3 is 63.3 Å². The Bertz CT molecular complexity index is 6350. The third-order valence-electron chi connectivity index (χ3n) is 15.6. The molecule has 7 aromatic heterocycles. The number of H-pyrrole nitrogens is 3. The van der Waals surface area contributed by atoms with E-state index in [1.165, 1.54) is 92.1 Å². The molecule has 9 N–H and O–H groups in total. The summed E-state index contributed by atoms with van der Waals surface area (Å²) in [5, 5.41) is 18.9. The second-order valence-electron chi connectivity index (χ2n) is 23.8. The van der Waals surface area contributed by atoms with Crippen LogP contribution in [-0.2, 0) is 66.4 Å². The van der Waals surface area contributed by atoms with E-state index in [-0.39, 0.29) is 109 Å². The Morgan fingerprint density at radius 3 is 1.18 bits per heavy atom. The van der Waals surface area contributed by atoms with Crippen LogP contribution < -0.4 is 66.0 Å². The number of nitrogens with one attached hydrogen (secondary N) is 5. The number of aromatic nitrogens is 4. The first kappa shape index (κ1) is 99.6. The molecule has 0 aliphatic heterocycles. The number of amides is 2. The van der Waals surface area contributed by atoms with Gasteiger partial charge in [0, 0.05) is 125 Å². The van der Waals surface area contributed by atoms with E-state index >= 15 is 0 Å². The van der Waals surface area contributed by atoms with Gasteiger partial charge in [-0.3, -0.25) is 9.59 Å². The molecule has 117 heavy (non-hydrogen) atoms. The van der Waals surface area contributed by atoms with Crippen LogP contribution in [0.15, 0.2) is 165 Å². The number of ether oxygens (including phenoxy) is 1. The number of halogens is 15. The first-order valence-corrected chi connectivity index (χ1v) is 43.3. The number of primary sulfonamides is 1. The predicted molar refractivity (Wildman–Crippen MR) is 460 cm³/mol. The number of carbonyl (C=O) groups is 4. The zero-order valence-corrected chi connectivity index (χ0v) is 77.0. The van der Waals surface area contributed by atoms with Crippen molar-refractivity contribution >= 4 is 283 Å². The summed E-state index contributed by atoms with van der Waals surface area (Å²) >= 11 is 65.7. The number of sulfonamides is 3. The van der Waals surface area contributed by atoms with Crippen LogP contribution in [0.5, 0.6) is 0 Å². The molecule has 0 atom stereocenters. The molecule has 13 rings (SSSR count). The van der Waals surface area contributed by atoms with Gasteiger partial charge in [-0.1, -0.05) is 128 Å². The number of rotatable bonds is 16. The monoisotopic (exact) mass is 1950 g/mol. The summed E-state index contributed by atoms with van der Waals surface area (Å²) in [6.07, 6.45) is 17.0. The molecule has 2 amide bonds. The van der Waals surface area contributed by atoms with E-state index in [9.17, 15) is 62.0 Å². The number of hydrogen-bond donors (Lipinski definition) is 7. The summed E-state index contributed by atoms with van der Waals surface area (Å²) in [5.41, 5.74) is 10.1. The number of aryl methyl sites for hydroxylation is 4. The molecule has 0 aliphatic rings. The maximum atomic E-state index is 14.4. The van der Waals surface area contributed by atoms with Gasteiger partial charge in [0.25, 0.3) is 31.9 Å². The summed E-state index contributed by atoms with van der Waals surface area (Å²) in [6, 6.07) is 24.8. The van der Waals surface area contributed by atoms with Gasteiger partial charge in [-0.05, 0) is 176 Å². The Morgan fingerprint density at radius 1 is 0.487 bits per heavy atom. The van der Waals surface area contributed by atoms with E-state index in [1.54, 1.807) is 48.9 Å². The fraction of sp³-hybridized carbons (Fsp3) is 0.0933. The second-order valence-corrected chi connectivity index (χ2v) is 37.6. The second kappa shape index (κ2) is 44.0. The minimum Gasteiger partial charge on any atom is -0.870 e. The number of aromatic amines is 3. The molecule has 20 nitrogen and oxygen atoms in total. The van der Waals surface area contributed by atoms with Crippen molar-refractivity contribution in [3.63, 3.8) is 0 Å². The molecule has 42 heteroatoms. The SMILES string of the molecule is COC(=O)/C=C/c1cc(F)cc2c(C)c[nH]c12.Cc1c[nH]c2c(/C=C/C(=O)NS(=O)(=O)c3cc(Cl)c(Cl)s3)cc(F)cc12.Cc1c[nH]c2c(/C=C/C(=O)O)cc(F)cc12.Cc1cn(Cc2ccc(Cl)cc2Cl)c2c(/C=C/C(=O)NS(=O)(=O)c3cc(Cl)c(Cl)s3)cc(F)cc12.ClCc1ccc(Cl)cc1Cl.NS(=O)(=O)c1cc(Cl)c(Cl)s1.[K+].[OH-]. The van der Waals surface area contributed by atoms with E-state index in [1.807, 2.05) is 54.0 Å². The minimum atomic E-state index is -4.18. The zero-order valence-electron chi connectivity index (χ0n) is 60.7. The number of nitrogens with two attached hydrogens (primary N) is 1. The summed E-state index contributed by atoms with van der Waals surface area (Å²) in [7, 11) is -10.6. The van der Waals surface area contributed by atoms with Crippen molar-refractivity contribution in [2.24, 2.45) is 5.14 Å². The molecule has 612 valence electrons. The van der Waals surface area contributed by atoms with Crippen molar-refractivity contribution in [2.45, 2.75) is 52.7 Å².